The Hall–Kier alpha value is -5.74. The summed E-state index contributed by atoms with van der Waals surface area (Å²) in [7, 11) is 0. The molecule has 0 amide bonds. The maximum atomic E-state index is 2.42. The molecular formula is C46H29NS2. The van der Waals surface area contributed by atoms with E-state index in [1.807, 2.05) is 22.7 Å². The molecule has 10 rings (SSSR count). The minimum absolute atomic E-state index is 1.13. The van der Waals surface area contributed by atoms with Gasteiger partial charge in [0.15, 0.2) is 0 Å². The lowest BCUT2D eigenvalue weighted by molar-refractivity contribution is 1.29. The molecule has 8 aromatic carbocycles. The van der Waals surface area contributed by atoms with Crippen LogP contribution in [-0.2, 0) is 0 Å². The third-order valence-electron chi connectivity index (χ3n) is 9.65. The number of nitrogens with zero attached hydrogens (tertiary/aromatic N) is 1. The van der Waals surface area contributed by atoms with Gasteiger partial charge in [0.25, 0.3) is 0 Å². The van der Waals surface area contributed by atoms with Gasteiger partial charge in [0.05, 0.1) is 0 Å². The Morgan fingerprint density at radius 3 is 1.65 bits per heavy atom. The Morgan fingerprint density at radius 2 is 0.857 bits per heavy atom. The number of anilines is 3. The van der Waals surface area contributed by atoms with Crippen molar-refractivity contribution in [2.45, 2.75) is 0 Å². The van der Waals surface area contributed by atoms with Crippen LogP contribution in [0, 0.1) is 0 Å². The van der Waals surface area contributed by atoms with Crippen molar-refractivity contribution in [2.24, 2.45) is 0 Å². The van der Waals surface area contributed by atoms with Gasteiger partial charge in [-0.1, -0.05) is 127 Å². The highest BCUT2D eigenvalue weighted by Gasteiger charge is 2.18. The molecule has 0 fully saturated rings. The van der Waals surface area contributed by atoms with Crippen LogP contribution in [-0.4, -0.2) is 0 Å². The molecule has 2 heterocycles. The van der Waals surface area contributed by atoms with Gasteiger partial charge < -0.3 is 4.90 Å². The van der Waals surface area contributed by atoms with Crippen molar-refractivity contribution in [3.8, 4) is 22.3 Å². The van der Waals surface area contributed by atoms with Crippen molar-refractivity contribution in [1.82, 2.24) is 0 Å². The van der Waals surface area contributed by atoms with E-state index in [-0.39, 0.29) is 0 Å². The molecule has 0 bridgehead atoms. The van der Waals surface area contributed by atoms with Crippen molar-refractivity contribution in [2.75, 3.05) is 4.90 Å². The van der Waals surface area contributed by atoms with Gasteiger partial charge in [-0.25, -0.2) is 0 Å². The SMILES string of the molecule is c1cc(-c2cccc3ccccc23)cc(N(c2cccc(-c3cccc4c3sc3ccccc34)c2)c2ccc3c(c2)sc2ccccc23)c1. The minimum Gasteiger partial charge on any atom is -0.310 e. The van der Waals surface area contributed by atoms with Crippen molar-refractivity contribution in [3.05, 3.63) is 176 Å². The number of hydrogen-bond donors (Lipinski definition) is 0. The van der Waals surface area contributed by atoms with Crippen LogP contribution >= 0.6 is 22.7 Å². The van der Waals surface area contributed by atoms with Crippen molar-refractivity contribution < 1.29 is 0 Å². The maximum Gasteiger partial charge on any atom is 0.0476 e. The van der Waals surface area contributed by atoms with Crippen LogP contribution in [0.25, 0.3) is 73.4 Å². The molecule has 0 radical (unpaired) electrons. The summed E-state index contributed by atoms with van der Waals surface area (Å²) in [5, 5.41) is 7.78. The number of rotatable bonds is 5. The molecule has 0 spiro atoms. The molecule has 0 aliphatic carbocycles. The summed E-state index contributed by atoms with van der Waals surface area (Å²) in [5.41, 5.74) is 8.33. The topological polar surface area (TPSA) is 3.24 Å². The second kappa shape index (κ2) is 11.5. The fourth-order valence-corrected chi connectivity index (χ4v) is 9.75. The highest BCUT2D eigenvalue weighted by molar-refractivity contribution is 7.26. The average molecular weight is 660 g/mol. The highest BCUT2D eigenvalue weighted by atomic mass is 32.1. The number of hydrogen-bond acceptors (Lipinski definition) is 3. The second-order valence-corrected chi connectivity index (χ2v) is 14.7. The number of benzene rings is 8. The van der Waals surface area contributed by atoms with Gasteiger partial charge in [0, 0.05) is 57.4 Å². The smallest absolute Gasteiger partial charge is 0.0476 e. The van der Waals surface area contributed by atoms with Crippen LogP contribution in [0.5, 0.6) is 0 Å². The Labute approximate surface area is 292 Å². The van der Waals surface area contributed by atoms with Crippen LogP contribution in [0.2, 0.25) is 0 Å². The van der Waals surface area contributed by atoms with E-state index < -0.39 is 0 Å². The quantitative estimate of drug-likeness (QED) is 0.178. The molecule has 0 aliphatic heterocycles. The fourth-order valence-electron chi connectivity index (χ4n) is 7.38. The van der Waals surface area contributed by atoms with E-state index in [0.717, 1.165) is 17.1 Å². The normalized spacial score (nSPS) is 11.7. The lowest BCUT2D eigenvalue weighted by Gasteiger charge is -2.27. The predicted molar refractivity (Wildman–Crippen MR) is 215 cm³/mol. The van der Waals surface area contributed by atoms with Gasteiger partial charge in [-0.15, -0.1) is 22.7 Å². The molecule has 2 aromatic heterocycles. The average Bonchev–Trinajstić information content (AvgIpc) is 3.73. The van der Waals surface area contributed by atoms with Gasteiger partial charge >= 0.3 is 0 Å². The fraction of sp³-hybridized carbons (Fsp3) is 0. The van der Waals surface area contributed by atoms with Gasteiger partial charge in [-0.05, 0) is 81.6 Å². The van der Waals surface area contributed by atoms with E-state index in [1.54, 1.807) is 0 Å². The summed E-state index contributed by atoms with van der Waals surface area (Å²) in [6, 6.07) is 64.5. The first kappa shape index (κ1) is 28.3. The van der Waals surface area contributed by atoms with Crippen molar-refractivity contribution >= 4 is 90.9 Å². The molecule has 0 atom stereocenters. The molecule has 1 nitrogen and oxygen atoms in total. The predicted octanol–water partition coefficient (Wildman–Crippen LogP) is 14.4. The van der Waals surface area contributed by atoms with E-state index in [0.29, 0.717) is 0 Å². The van der Waals surface area contributed by atoms with Gasteiger partial charge in [-0.3, -0.25) is 0 Å². The van der Waals surface area contributed by atoms with Crippen LogP contribution < -0.4 is 4.90 Å². The molecule has 0 N–H and O–H groups in total. The third kappa shape index (κ3) is 4.74. The van der Waals surface area contributed by atoms with Crippen molar-refractivity contribution in [3.63, 3.8) is 0 Å². The molecule has 0 saturated carbocycles. The van der Waals surface area contributed by atoms with Crippen LogP contribution in [0.3, 0.4) is 0 Å². The lowest BCUT2D eigenvalue weighted by atomic mass is 9.97. The highest BCUT2D eigenvalue weighted by Crippen LogP contribution is 2.44. The number of fused-ring (bicyclic) bond motifs is 7. The van der Waals surface area contributed by atoms with Gasteiger partial charge in [-0.2, -0.15) is 0 Å². The third-order valence-corrected chi connectivity index (χ3v) is 12.0. The van der Waals surface area contributed by atoms with Crippen LogP contribution in [0.1, 0.15) is 0 Å². The van der Waals surface area contributed by atoms with Gasteiger partial charge in [0.2, 0.25) is 0 Å². The summed E-state index contributed by atoms with van der Waals surface area (Å²) in [5.74, 6) is 0. The Balaban J connectivity index is 1.17. The maximum absolute atomic E-state index is 2.42. The van der Waals surface area contributed by atoms with Crippen LogP contribution in [0.15, 0.2) is 176 Å². The monoisotopic (exact) mass is 659 g/mol. The first-order valence-electron chi connectivity index (χ1n) is 16.6. The van der Waals surface area contributed by atoms with Crippen LogP contribution in [0.4, 0.5) is 17.1 Å². The number of thiophene rings is 2. The van der Waals surface area contributed by atoms with E-state index in [4.69, 9.17) is 0 Å². The zero-order valence-electron chi connectivity index (χ0n) is 26.5. The Morgan fingerprint density at radius 1 is 0.327 bits per heavy atom. The molecule has 0 aliphatic rings. The lowest BCUT2D eigenvalue weighted by Crippen LogP contribution is -2.10. The first-order valence-corrected chi connectivity index (χ1v) is 18.2. The Kier molecular flexibility index (Phi) is 6.61. The van der Waals surface area contributed by atoms with E-state index in [1.165, 1.54) is 73.4 Å². The molecule has 3 heteroatoms. The molecular weight excluding hydrogens is 631 g/mol. The summed E-state index contributed by atoms with van der Waals surface area (Å²) in [6.07, 6.45) is 0. The second-order valence-electron chi connectivity index (χ2n) is 12.5. The summed E-state index contributed by atoms with van der Waals surface area (Å²) in [6.45, 7) is 0. The molecule has 0 saturated heterocycles. The zero-order valence-corrected chi connectivity index (χ0v) is 28.1. The summed E-state index contributed by atoms with van der Waals surface area (Å²) >= 11 is 3.74. The molecule has 10 aromatic rings. The van der Waals surface area contributed by atoms with E-state index in [9.17, 15) is 0 Å². The first-order chi connectivity index (χ1) is 24.3. The summed E-state index contributed by atoms with van der Waals surface area (Å²) in [4.78, 5) is 2.42. The largest absolute Gasteiger partial charge is 0.310 e. The molecule has 230 valence electrons. The minimum atomic E-state index is 1.13. The Bertz CT molecular complexity index is 2850. The molecule has 0 unspecified atom stereocenters. The summed E-state index contributed by atoms with van der Waals surface area (Å²) < 4.78 is 5.26. The van der Waals surface area contributed by atoms with E-state index in [2.05, 4.69) is 181 Å². The van der Waals surface area contributed by atoms with E-state index >= 15 is 0 Å². The van der Waals surface area contributed by atoms with Gasteiger partial charge in [0.1, 0.15) is 0 Å². The molecule has 49 heavy (non-hydrogen) atoms. The zero-order chi connectivity index (χ0) is 32.3. The standard InChI is InChI=1S/C46H29NS2/c1-2-17-36-30(11-1)12-9-20-37(36)31-13-7-15-33(27-31)47(35-25-26-41-39-18-3-5-23-43(39)48-45(41)29-35)34-16-8-14-32(28-34)38-21-10-22-42-40-19-4-6-24-44(40)49-46(38)42/h1-29H. The van der Waals surface area contributed by atoms with Crippen molar-refractivity contribution in [1.29, 1.82) is 0 Å².